The van der Waals surface area contributed by atoms with Crippen LogP contribution in [0.4, 0.5) is 0 Å². The molecule has 96 valence electrons. The molecule has 0 saturated heterocycles. The van der Waals surface area contributed by atoms with Gasteiger partial charge in [0.2, 0.25) is 0 Å². The van der Waals surface area contributed by atoms with Gasteiger partial charge in [0.05, 0.1) is 6.61 Å². The zero-order chi connectivity index (χ0) is 12.3. The normalized spacial score (nSPS) is 10.5. The highest BCUT2D eigenvalue weighted by atomic mass is 79.9. The Kier molecular flexibility index (Phi) is 8.16. The van der Waals surface area contributed by atoms with E-state index >= 15 is 0 Å². The highest BCUT2D eigenvalue weighted by Gasteiger charge is 1.95. The summed E-state index contributed by atoms with van der Waals surface area (Å²) in [4.78, 5) is 0. The van der Waals surface area contributed by atoms with Crippen LogP contribution in [0.25, 0.3) is 0 Å². The van der Waals surface area contributed by atoms with Crippen molar-refractivity contribution in [3.63, 3.8) is 0 Å². The lowest BCUT2D eigenvalue weighted by Crippen LogP contribution is -1.97. The summed E-state index contributed by atoms with van der Waals surface area (Å²) in [5.74, 6) is 0.963. The lowest BCUT2D eigenvalue weighted by atomic mass is 10.1. The van der Waals surface area contributed by atoms with Crippen molar-refractivity contribution in [1.82, 2.24) is 0 Å². The minimum atomic E-state index is 0.838. The molecule has 0 heterocycles. The van der Waals surface area contributed by atoms with Gasteiger partial charge in [-0.2, -0.15) is 0 Å². The van der Waals surface area contributed by atoms with E-state index in [4.69, 9.17) is 4.74 Å². The van der Waals surface area contributed by atoms with Gasteiger partial charge in [-0.3, -0.25) is 0 Å². The van der Waals surface area contributed by atoms with E-state index in [0.717, 1.165) is 16.8 Å². The first-order valence-electron chi connectivity index (χ1n) is 6.71. The largest absolute Gasteiger partial charge is 0.494 e. The highest BCUT2D eigenvalue weighted by molar-refractivity contribution is 9.10. The summed E-state index contributed by atoms with van der Waals surface area (Å²) >= 11 is 3.44. The maximum Gasteiger partial charge on any atom is 0.120 e. The van der Waals surface area contributed by atoms with E-state index in [1.165, 1.54) is 44.9 Å². The summed E-state index contributed by atoms with van der Waals surface area (Å²) in [5.41, 5.74) is 0. The van der Waals surface area contributed by atoms with E-state index in [1.54, 1.807) is 0 Å². The molecule has 0 aliphatic rings. The molecule has 0 fully saturated rings. The number of hydrogen-bond donors (Lipinski definition) is 0. The predicted molar refractivity (Wildman–Crippen MR) is 77.6 cm³/mol. The van der Waals surface area contributed by atoms with E-state index in [-0.39, 0.29) is 0 Å². The quantitative estimate of drug-likeness (QED) is 0.541. The zero-order valence-electron chi connectivity index (χ0n) is 10.8. The Morgan fingerprint density at radius 1 is 1.00 bits per heavy atom. The molecule has 0 spiro atoms. The van der Waals surface area contributed by atoms with Gasteiger partial charge in [-0.1, -0.05) is 67.4 Å². The first-order chi connectivity index (χ1) is 8.33. The van der Waals surface area contributed by atoms with Crippen LogP contribution in [-0.2, 0) is 0 Å². The molecule has 0 aliphatic heterocycles. The molecule has 17 heavy (non-hydrogen) atoms. The molecule has 0 amide bonds. The third kappa shape index (κ3) is 7.43. The van der Waals surface area contributed by atoms with Crippen LogP contribution in [0.3, 0.4) is 0 Å². The number of halogens is 1. The number of rotatable bonds is 9. The van der Waals surface area contributed by atoms with Crippen LogP contribution >= 0.6 is 15.9 Å². The summed E-state index contributed by atoms with van der Waals surface area (Å²) in [6.07, 6.45) is 9.28. The third-order valence-corrected chi connectivity index (χ3v) is 3.31. The fourth-order valence-electron chi connectivity index (χ4n) is 1.81. The molecule has 0 unspecified atom stereocenters. The maximum absolute atomic E-state index is 5.68. The molecule has 0 aliphatic carbocycles. The average molecular weight is 299 g/mol. The van der Waals surface area contributed by atoms with Crippen molar-refractivity contribution in [2.45, 2.75) is 51.9 Å². The fraction of sp³-hybridized carbons (Fsp3) is 0.600. The first-order valence-corrected chi connectivity index (χ1v) is 7.50. The molecule has 1 rings (SSSR count). The van der Waals surface area contributed by atoms with Gasteiger partial charge in [-0.25, -0.2) is 0 Å². The summed E-state index contributed by atoms with van der Waals surface area (Å²) in [5, 5.41) is 0. The second kappa shape index (κ2) is 9.52. The number of ether oxygens (including phenoxy) is 1. The van der Waals surface area contributed by atoms with Gasteiger partial charge in [0.15, 0.2) is 0 Å². The van der Waals surface area contributed by atoms with Crippen LogP contribution < -0.4 is 4.74 Å². The summed E-state index contributed by atoms with van der Waals surface area (Å²) in [7, 11) is 0. The molecule has 0 N–H and O–H groups in total. The molecule has 0 bridgehead atoms. The van der Waals surface area contributed by atoms with E-state index < -0.39 is 0 Å². The lowest BCUT2D eigenvalue weighted by Gasteiger charge is -2.06. The molecule has 2 heteroatoms. The van der Waals surface area contributed by atoms with E-state index in [0.29, 0.717) is 0 Å². The van der Waals surface area contributed by atoms with Crippen molar-refractivity contribution in [1.29, 1.82) is 0 Å². The minimum absolute atomic E-state index is 0.838. The van der Waals surface area contributed by atoms with Gasteiger partial charge in [-0.05, 0) is 24.6 Å². The second-order valence-electron chi connectivity index (χ2n) is 4.43. The second-order valence-corrected chi connectivity index (χ2v) is 5.34. The first kappa shape index (κ1) is 14.6. The molecule has 0 aromatic heterocycles. The lowest BCUT2D eigenvalue weighted by molar-refractivity contribution is 0.304. The Morgan fingerprint density at radius 2 is 1.71 bits per heavy atom. The van der Waals surface area contributed by atoms with Crippen LogP contribution in [0.1, 0.15) is 51.9 Å². The van der Waals surface area contributed by atoms with Gasteiger partial charge < -0.3 is 4.74 Å². The van der Waals surface area contributed by atoms with E-state index in [2.05, 4.69) is 22.9 Å². The van der Waals surface area contributed by atoms with Crippen molar-refractivity contribution in [2.24, 2.45) is 0 Å². The molecular weight excluding hydrogens is 276 g/mol. The van der Waals surface area contributed by atoms with Crippen molar-refractivity contribution >= 4 is 15.9 Å². The Labute approximate surface area is 114 Å². The van der Waals surface area contributed by atoms with Gasteiger partial charge >= 0.3 is 0 Å². The summed E-state index contributed by atoms with van der Waals surface area (Å²) in [6, 6.07) is 8.04. The Hall–Kier alpha value is -0.500. The Balaban J connectivity index is 1.97. The molecule has 0 saturated carbocycles. The maximum atomic E-state index is 5.68. The van der Waals surface area contributed by atoms with Crippen LogP contribution in [0, 0.1) is 0 Å². The van der Waals surface area contributed by atoms with Gasteiger partial charge in [0.1, 0.15) is 5.75 Å². The highest BCUT2D eigenvalue weighted by Crippen LogP contribution is 2.18. The predicted octanol–water partition coefficient (Wildman–Crippen LogP) is 5.58. The Bertz CT molecular complexity index is 299. The average Bonchev–Trinajstić information content (AvgIpc) is 2.33. The van der Waals surface area contributed by atoms with Crippen LogP contribution in [-0.4, -0.2) is 6.61 Å². The summed E-state index contributed by atoms with van der Waals surface area (Å²) < 4.78 is 6.76. The smallest absolute Gasteiger partial charge is 0.120 e. The SMILES string of the molecule is CCCCCCCCCOc1cccc(Br)c1. The zero-order valence-corrected chi connectivity index (χ0v) is 12.3. The monoisotopic (exact) mass is 298 g/mol. The van der Waals surface area contributed by atoms with Gasteiger partial charge in [0.25, 0.3) is 0 Å². The van der Waals surface area contributed by atoms with Crippen molar-refractivity contribution < 1.29 is 4.74 Å². The molecule has 0 atom stereocenters. The molecule has 1 aromatic carbocycles. The molecular formula is C15H23BrO. The molecule has 1 aromatic rings. The van der Waals surface area contributed by atoms with Crippen LogP contribution in [0.15, 0.2) is 28.7 Å². The number of unbranched alkanes of at least 4 members (excludes halogenated alkanes) is 6. The molecule has 0 radical (unpaired) electrons. The number of hydrogen-bond acceptors (Lipinski definition) is 1. The third-order valence-electron chi connectivity index (χ3n) is 2.81. The van der Waals surface area contributed by atoms with Gasteiger partial charge in [0, 0.05) is 4.47 Å². The molecule has 1 nitrogen and oxygen atoms in total. The standard InChI is InChI=1S/C15H23BrO/c1-2-3-4-5-6-7-8-12-17-15-11-9-10-14(16)13-15/h9-11,13H,2-8,12H2,1H3. The van der Waals surface area contributed by atoms with E-state index in [9.17, 15) is 0 Å². The van der Waals surface area contributed by atoms with Crippen molar-refractivity contribution in [3.05, 3.63) is 28.7 Å². The van der Waals surface area contributed by atoms with Crippen LogP contribution in [0.5, 0.6) is 5.75 Å². The fourth-order valence-corrected chi connectivity index (χ4v) is 2.18. The number of benzene rings is 1. The van der Waals surface area contributed by atoms with E-state index in [1.807, 2.05) is 24.3 Å². The topological polar surface area (TPSA) is 9.23 Å². The van der Waals surface area contributed by atoms with Crippen molar-refractivity contribution in [3.8, 4) is 5.75 Å². The van der Waals surface area contributed by atoms with Gasteiger partial charge in [-0.15, -0.1) is 0 Å². The Morgan fingerprint density at radius 3 is 2.41 bits per heavy atom. The minimum Gasteiger partial charge on any atom is -0.494 e. The van der Waals surface area contributed by atoms with Crippen LogP contribution in [0.2, 0.25) is 0 Å². The summed E-state index contributed by atoms with van der Waals surface area (Å²) in [6.45, 7) is 3.09. The van der Waals surface area contributed by atoms with Crippen molar-refractivity contribution in [2.75, 3.05) is 6.61 Å².